The van der Waals surface area contributed by atoms with Gasteiger partial charge in [0.2, 0.25) is 0 Å². The first kappa shape index (κ1) is 57.9. The van der Waals surface area contributed by atoms with Crippen LogP contribution in [0.1, 0.15) is 252 Å². The van der Waals surface area contributed by atoms with Gasteiger partial charge in [-0.3, -0.25) is 0 Å². The highest BCUT2D eigenvalue weighted by atomic mass is 16.3. The predicted molar refractivity (Wildman–Crippen MR) is 296 cm³/mol. The van der Waals surface area contributed by atoms with E-state index in [1.165, 1.54) is 231 Å². The molecule has 67 heavy (non-hydrogen) atoms. The van der Waals surface area contributed by atoms with Crippen LogP contribution in [-0.2, 0) is 32.1 Å². The average molecular weight is 914 g/mol. The number of hydrogen-bond donors (Lipinski definition) is 2. The van der Waals surface area contributed by atoms with Crippen molar-refractivity contribution in [1.82, 2.24) is 0 Å². The predicted octanol–water partition coefficient (Wildman–Crippen LogP) is 19.0. The maximum Gasteiger partial charge on any atom is 0.0662 e. The lowest BCUT2D eigenvalue weighted by molar-refractivity contribution is 0.186. The monoisotopic (exact) mass is 913 g/mol. The molecule has 0 saturated carbocycles. The quantitative estimate of drug-likeness (QED) is 0.0347. The molecule has 0 aliphatic heterocycles. The highest BCUT2D eigenvalue weighted by molar-refractivity contribution is 6.01. The summed E-state index contributed by atoms with van der Waals surface area (Å²) in [6, 6.07) is 38.4. The van der Waals surface area contributed by atoms with Gasteiger partial charge in [0, 0.05) is 0 Å². The summed E-state index contributed by atoms with van der Waals surface area (Å²) < 4.78 is 0. The van der Waals surface area contributed by atoms with Crippen LogP contribution in [0.25, 0.3) is 11.1 Å². The Balaban J connectivity index is 0.00000285. The molecule has 2 N–H and O–H groups in total. The minimum atomic E-state index is -0.125. The van der Waals surface area contributed by atoms with Crippen molar-refractivity contribution in [2.24, 2.45) is 0 Å². The molecule has 2 nitrogen and oxygen atoms in total. The Labute approximate surface area is 413 Å². The normalized spacial score (nSPS) is 11.1. The molecule has 0 radical (unpaired) electrons. The van der Waals surface area contributed by atoms with Crippen LogP contribution in [0.5, 0.6) is 0 Å². The van der Waals surface area contributed by atoms with E-state index >= 15 is 0 Å². The number of rotatable bonds is 38. The van der Waals surface area contributed by atoms with Gasteiger partial charge in [-0.05, 0) is 113 Å². The van der Waals surface area contributed by atoms with E-state index in [1.54, 1.807) is 11.1 Å². The Kier molecular flexibility index (Phi) is 34.0. The maximum absolute atomic E-state index is 7.62. The summed E-state index contributed by atoms with van der Waals surface area (Å²) in [5.41, 5.74) is 15.2. The Hall–Kier alpha value is -3.46. The van der Waals surface area contributed by atoms with Gasteiger partial charge in [0.1, 0.15) is 0 Å². The van der Waals surface area contributed by atoms with Crippen LogP contribution in [0.3, 0.4) is 0 Å². The number of benzene rings is 4. The molecule has 4 aromatic carbocycles. The number of aryl methyl sites for hydroxylation is 4. The fraction of sp³-hybridized carbons (Fsp3) is 0.600. The van der Waals surface area contributed by atoms with Crippen LogP contribution >= 0.6 is 0 Å². The zero-order chi connectivity index (χ0) is 47.8. The van der Waals surface area contributed by atoms with Crippen molar-refractivity contribution in [3.05, 3.63) is 142 Å². The third-order valence-corrected chi connectivity index (χ3v) is 14.0. The van der Waals surface area contributed by atoms with Gasteiger partial charge >= 0.3 is 0 Å². The van der Waals surface area contributed by atoms with E-state index < -0.39 is 0 Å². The molecule has 0 aliphatic carbocycles. The fourth-order valence-corrected chi connectivity index (χ4v) is 10.0. The van der Waals surface area contributed by atoms with E-state index in [0.717, 1.165) is 25.7 Å². The van der Waals surface area contributed by atoms with Gasteiger partial charge in [-0.15, -0.1) is 0 Å². The first-order valence-electron chi connectivity index (χ1n) is 28.4. The molecule has 0 heterocycles. The van der Waals surface area contributed by atoms with E-state index in [0.29, 0.717) is 0 Å². The molecule has 2 heteroatoms. The minimum Gasteiger partial charge on any atom is -0.394 e. The van der Waals surface area contributed by atoms with Gasteiger partial charge in [-0.25, -0.2) is 0 Å². The Morgan fingerprint density at radius 1 is 0.284 bits per heavy atom. The second-order valence-electron chi connectivity index (χ2n) is 19.7. The average Bonchev–Trinajstić information content (AvgIpc) is 3.36. The molecule has 0 atom stereocenters. The first-order valence-corrected chi connectivity index (χ1v) is 28.4. The van der Waals surface area contributed by atoms with Gasteiger partial charge < -0.3 is 10.2 Å². The van der Waals surface area contributed by atoms with E-state index in [1.807, 2.05) is 0 Å². The Morgan fingerprint density at radius 2 is 0.537 bits per heavy atom. The van der Waals surface area contributed by atoms with Gasteiger partial charge in [0.25, 0.3) is 0 Å². The SMILES string of the molecule is CCCCCCCCCc1ccccc1CC(=C(c1ccccc1CCCCCCCCC)c1ccccc1CCCCCCCCC)c1ccccc1CCCCCCCCC.OCCO. The third-order valence-electron chi connectivity index (χ3n) is 14.0. The molecule has 0 aliphatic rings. The molecule has 0 fully saturated rings. The second-order valence-corrected chi connectivity index (χ2v) is 19.7. The zero-order valence-electron chi connectivity index (χ0n) is 43.9. The molecule has 0 spiro atoms. The lowest BCUT2D eigenvalue weighted by atomic mass is 9.79. The molecular formula is C65H100O2. The molecule has 0 aromatic heterocycles. The summed E-state index contributed by atoms with van der Waals surface area (Å²) in [6.45, 7) is 9.05. The molecule has 0 amide bonds. The van der Waals surface area contributed by atoms with Gasteiger partial charge in [0.05, 0.1) is 13.2 Å². The van der Waals surface area contributed by atoms with Crippen LogP contribution < -0.4 is 0 Å². The molecule has 0 bridgehead atoms. The van der Waals surface area contributed by atoms with E-state index in [-0.39, 0.29) is 13.2 Å². The van der Waals surface area contributed by atoms with Crippen molar-refractivity contribution in [2.45, 2.75) is 240 Å². The van der Waals surface area contributed by atoms with Gasteiger partial charge in [-0.2, -0.15) is 0 Å². The van der Waals surface area contributed by atoms with Crippen LogP contribution in [0.4, 0.5) is 0 Å². The minimum absolute atomic E-state index is 0.125. The standard InChI is InChI=1S/C63H94.C2H6O2/c1-5-9-13-17-21-25-29-41-54-42-33-34-49-58(54)53-62(59-50-38-35-46-55(59)43-30-26-22-18-14-10-6-2)63(60-51-39-36-47-56(60)44-31-27-23-19-15-11-7-3)61-52-40-37-48-57(61)45-32-28-24-20-16-12-8-4;3-1-2-4/h33-40,42,46-52H,5-32,41,43-45,53H2,1-4H3;3-4H,1-2H2. The maximum atomic E-state index is 7.62. The van der Waals surface area contributed by atoms with Gasteiger partial charge in [0.15, 0.2) is 0 Å². The van der Waals surface area contributed by atoms with E-state index in [2.05, 4.69) is 125 Å². The number of allylic oxidation sites excluding steroid dienone is 1. The number of aliphatic hydroxyl groups excluding tert-OH is 2. The van der Waals surface area contributed by atoms with E-state index in [9.17, 15) is 0 Å². The van der Waals surface area contributed by atoms with Crippen LogP contribution in [0, 0.1) is 0 Å². The third kappa shape index (κ3) is 24.1. The second kappa shape index (κ2) is 39.4. The summed E-state index contributed by atoms with van der Waals surface area (Å²) in [5, 5.41) is 15.2. The summed E-state index contributed by atoms with van der Waals surface area (Å²) >= 11 is 0. The lowest BCUT2D eigenvalue weighted by Crippen LogP contribution is -2.07. The van der Waals surface area contributed by atoms with Crippen molar-refractivity contribution in [3.63, 3.8) is 0 Å². The Morgan fingerprint density at radius 3 is 0.881 bits per heavy atom. The van der Waals surface area contributed by atoms with Crippen LogP contribution in [0.2, 0.25) is 0 Å². The highest BCUT2D eigenvalue weighted by Crippen LogP contribution is 2.40. The summed E-state index contributed by atoms with van der Waals surface area (Å²) in [4.78, 5) is 0. The summed E-state index contributed by atoms with van der Waals surface area (Å²) in [5.74, 6) is 0. The Bertz CT molecular complexity index is 1750. The summed E-state index contributed by atoms with van der Waals surface area (Å²) in [6.07, 6.45) is 43.3. The van der Waals surface area contributed by atoms with Crippen molar-refractivity contribution in [1.29, 1.82) is 0 Å². The first-order chi connectivity index (χ1) is 33.1. The summed E-state index contributed by atoms with van der Waals surface area (Å²) in [7, 11) is 0. The number of aliphatic hydroxyl groups is 2. The fourth-order valence-electron chi connectivity index (χ4n) is 10.0. The smallest absolute Gasteiger partial charge is 0.0662 e. The van der Waals surface area contributed by atoms with Crippen molar-refractivity contribution < 1.29 is 10.2 Å². The molecule has 0 unspecified atom stereocenters. The van der Waals surface area contributed by atoms with Crippen molar-refractivity contribution in [3.8, 4) is 0 Å². The van der Waals surface area contributed by atoms with Crippen LogP contribution in [-0.4, -0.2) is 23.4 Å². The topological polar surface area (TPSA) is 40.5 Å². The molecule has 0 saturated heterocycles. The molecule has 372 valence electrons. The lowest BCUT2D eigenvalue weighted by Gasteiger charge is -2.24. The largest absolute Gasteiger partial charge is 0.394 e. The molecule has 4 rings (SSSR count). The molecule has 4 aromatic rings. The molecular weight excluding hydrogens is 813 g/mol. The van der Waals surface area contributed by atoms with Crippen LogP contribution in [0.15, 0.2) is 97.1 Å². The van der Waals surface area contributed by atoms with Crippen molar-refractivity contribution in [2.75, 3.05) is 13.2 Å². The highest BCUT2D eigenvalue weighted by Gasteiger charge is 2.22. The number of hydrogen-bond acceptors (Lipinski definition) is 2. The zero-order valence-corrected chi connectivity index (χ0v) is 43.9. The van der Waals surface area contributed by atoms with E-state index in [4.69, 9.17) is 10.2 Å². The van der Waals surface area contributed by atoms with Crippen molar-refractivity contribution >= 4 is 11.1 Å². The number of unbranched alkanes of at least 4 members (excludes halogenated alkanes) is 24. The van der Waals surface area contributed by atoms with Gasteiger partial charge in [-0.1, -0.05) is 279 Å².